The summed E-state index contributed by atoms with van der Waals surface area (Å²) >= 11 is 0. The lowest BCUT2D eigenvalue weighted by molar-refractivity contribution is 1.01. The van der Waals surface area contributed by atoms with Crippen LogP contribution in [0, 0.1) is 17.4 Å². The number of nitriles is 1. The van der Waals surface area contributed by atoms with Gasteiger partial charge in [0, 0.05) is 6.42 Å². The summed E-state index contributed by atoms with van der Waals surface area (Å²) in [6, 6.07) is 12.9. The molecule has 1 nitrogen and oxygen atoms in total. The van der Waals surface area contributed by atoms with Crippen molar-refractivity contribution in [2.45, 2.75) is 12.8 Å². The summed E-state index contributed by atoms with van der Waals surface area (Å²) in [6.45, 7) is 0. The summed E-state index contributed by atoms with van der Waals surface area (Å²) in [5.74, 6) is 0. The van der Waals surface area contributed by atoms with E-state index in [1.165, 1.54) is 0 Å². The van der Waals surface area contributed by atoms with Crippen LogP contribution in [0.2, 0.25) is 0 Å². The van der Waals surface area contributed by atoms with Crippen LogP contribution in [-0.2, 0) is 6.42 Å². The van der Waals surface area contributed by atoms with Gasteiger partial charge < -0.3 is 0 Å². The number of aryl methyl sites for hydroxylation is 1. The van der Waals surface area contributed by atoms with Crippen molar-refractivity contribution in [3.63, 3.8) is 0 Å². The SMILES string of the molecule is N#CCCc1[c]cccc1. The standard InChI is InChI=1S/C9H8N/c10-8-4-7-9-5-2-1-3-6-9/h1-3,5H,4,7H2. The van der Waals surface area contributed by atoms with E-state index in [4.69, 9.17) is 5.26 Å². The summed E-state index contributed by atoms with van der Waals surface area (Å²) in [7, 11) is 0. The predicted molar refractivity (Wildman–Crippen MR) is 39.2 cm³/mol. The lowest BCUT2D eigenvalue weighted by Gasteiger charge is -1.91. The molecule has 1 radical (unpaired) electrons. The van der Waals surface area contributed by atoms with Crippen LogP contribution in [0.3, 0.4) is 0 Å². The van der Waals surface area contributed by atoms with Crippen LogP contribution in [0.15, 0.2) is 24.3 Å². The third-order valence-electron chi connectivity index (χ3n) is 1.28. The molecular weight excluding hydrogens is 122 g/mol. The predicted octanol–water partition coefficient (Wildman–Crippen LogP) is 1.94. The molecule has 0 spiro atoms. The fourth-order valence-corrected chi connectivity index (χ4v) is 0.777. The average Bonchev–Trinajstić information content (AvgIpc) is 2.03. The Balaban J connectivity index is 2.52. The van der Waals surface area contributed by atoms with Gasteiger partial charge >= 0.3 is 0 Å². The Hall–Kier alpha value is -1.29. The summed E-state index contributed by atoms with van der Waals surface area (Å²) in [4.78, 5) is 0. The normalized spacial score (nSPS) is 8.70. The molecule has 0 amide bonds. The first kappa shape index (κ1) is 6.82. The Morgan fingerprint density at radius 1 is 1.50 bits per heavy atom. The van der Waals surface area contributed by atoms with E-state index in [9.17, 15) is 0 Å². The van der Waals surface area contributed by atoms with E-state index < -0.39 is 0 Å². The van der Waals surface area contributed by atoms with E-state index in [-0.39, 0.29) is 0 Å². The van der Waals surface area contributed by atoms with Gasteiger partial charge in [0.05, 0.1) is 6.07 Å². The zero-order valence-electron chi connectivity index (χ0n) is 5.67. The highest BCUT2D eigenvalue weighted by molar-refractivity contribution is 5.13. The van der Waals surface area contributed by atoms with E-state index in [1.54, 1.807) is 0 Å². The van der Waals surface area contributed by atoms with Gasteiger partial charge in [-0.15, -0.1) is 0 Å². The maximum absolute atomic E-state index is 8.26. The molecule has 0 saturated heterocycles. The van der Waals surface area contributed by atoms with Crippen molar-refractivity contribution in [3.05, 3.63) is 35.9 Å². The minimum absolute atomic E-state index is 0.584. The van der Waals surface area contributed by atoms with Gasteiger partial charge in [0.15, 0.2) is 0 Å². The lowest BCUT2D eigenvalue weighted by Crippen LogP contribution is -1.81. The molecule has 0 N–H and O–H groups in total. The van der Waals surface area contributed by atoms with Crippen LogP contribution in [0.25, 0.3) is 0 Å². The average molecular weight is 130 g/mol. The molecule has 0 aliphatic rings. The van der Waals surface area contributed by atoms with Gasteiger partial charge in [0.2, 0.25) is 0 Å². The maximum atomic E-state index is 8.26. The van der Waals surface area contributed by atoms with E-state index in [0.29, 0.717) is 6.42 Å². The molecule has 0 aromatic heterocycles. The fourth-order valence-electron chi connectivity index (χ4n) is 0.777. The number of hydrogen-bond donors (Lipinski definition) is 0. The van der Waals surface area contributed by atoms with E-state index >= 15 is 0 Å². The van der Waals surface area contributed by atoms with Crippen molar-refractivity contribution in [1.29, 1.82) is 5.26 Å². The van der Waals surface area contributed by atoms with E-state index in [2.05, 4.69) is 12.1 Å². The van der Waals surface area contributed by atoms with E-state index in [1.807, 2.05) is 24.3 Å². The maximum Gasteiger partial charge on any atom is 0.0625 e. The first-order valence-corrected chi connectivity index (χ1v) is 3.26. The summed E-state index contributed by atoms with van der Waals surface area (Å²) in [6.07, 6.45) is 1.40. The second-order valence-corrected chi connectivity index (χ2v) is 2.05. The molecule has 0 unspecified atom stereocenters. The number of hydrogen-bond acceptors (Lipinski definition) is 1. The minimum Gasteiger partial charge on any atom is -0.198 e. The van der Waals surface area contributed by atoms with Gasteiger partial charge in [-0.3, -0.25) is 0 Å². The molecule has 10 heavy (non-hydrogen) atoms. The van der Waals surface area contributed by atoms with Crippen LogP contribution >= 0.6 is 0 Å². The van der Waals surface area contributed by atoms with Crippen molar-refractivity contribution in [2.75, 3.05) is 0 Å². The molecule has 1 heteroatoms. The summed E-state index contributed by atoms with van der Waals surface area (Å²) in [5, 5.41) is 8.26. The molecule has 1 aromatic rings. The highest BCUT2D eigenvalue weighted by Gasteiger charge is 1.88. The lowest BCUT2D eigenvalue weighted by atomic mass is 10.1. The van der Waals surface area contributed by atoms with Gasteiger partial charge in [-0.05, 0) is 18.1 Å². The Labute approximate surface area is 60.9 Å². The topological polar surface area (TPSA) is 23.8 Å². The Morgan fingerprint density at radius 2 is 2.40 bits per heavy atom. The largest absolute Gasteiger partial charge is 0.198 e. The van der Waals surface area contributed by atoms with Crippen LogP contribution in [0.1, 0.15) is 12.0 Å². The van der Waals surface area contributed by atoms with Gasteiger partial charge in [-0.2, -0.15) is 5.26 Å². The first-order chi connectivity index (χ1) is 4.93. The van der Waals surface area contributed by atoms with Gasteiger partial charge in [0.25, 0.3) is 0 Å². The first-order valence-electron chi connectivity index (χ1n) is 3.26. The highest BCUT2D eigenvalue weighted by atomic mass is 14.2. The zero-order chi connectivity index (χ0) is 7.23. The second kappa shape index (κ2) is 3.68. The van der Waals surface area contributed by atoms with Crippen molar-refractivity contribution in [1.82, 2.24) is 0 Å². The molecule has 1 aromatic carbocycles. The molecule has 0 saturated carbocycles. The number of nitrogens with zero attached hydrogens (tertiary/aromatic N) is 1. The summed E-state index contributed by atoms with van der Waals surface area (Å²) in [5.41, 5.74) is 1.11. The minimum atomic E-state index is 0.584. The second-order valence-electron chi connectivity index (χ2n) is 2.05. The molecule has 0 bridgehead atoms. The Kier molecular flexibility index (Phi) is 2.51. The van der Waals surface area contributed by atoms with Gasteiger partial charge in [0.1, 0.15) is 0 Å². The molecule has 0 aliphatic carbocycles. The number of rotatable bonds is 2. The third kappa shape index (κ3) is 1.91. The molecule has 49 valence electrons. The Morgan fingerprint density at radius 3 is 3.00 bits per heavy atom. The van der Waals surface area contributed by atoms with Crippen molar-refractivity contribution < 1.29 is 0 Å². The molecule has 0 atom stereocenters. The molecule has 0 fully saturated rings. The van der Waals surface area contributed by atoms with Gasteiger partial charge in [-0.1, -0.05) is 24.3 Å². The molecule has 0 aliphatic heterocycles. The van der Waals surface area contributed by atoms with Crippen molar-refractivity contribution >= 4 is 0 Å². The van der Waals surface area contributed by atoms with Crippen LogP contribution in [0.5, 0.6) is 0 Å². The number of benzene rings is 1. The molecule has 1 rings (SSSR count). The molecular formula is C9H8N. The fraction of sp³-hybridized carbons (Fsp3) is 0.222. The smallest absolute Gasteiger partial charge is 0.0625 e. The summed E-state index contributed by atoms with van der Waals surface area (Å²) < 4.78 is 0. The van der Waals surface area contributed by atoms with Crippen LogP contribution < -0.4 is 0 Å². The monoisotopic (exact) mass is 130 g/mol. The van der Waals surface area contributed by atoms with Crippen molar-refractivity contribution in [2.24, 2.45) is 0 Å². The zero-order valence-corrected chi connectivity index (χ0v) is 5.67. The van der Waals surface area contributed by atoms with Crippen LogP contribution in [0.4, 0.5) is 0 Å². The van der Waals surface area contributed by atoms with Crippen LogP contribution in [-0.4, -0.2) is 0 Å². The van der Waals surface area contributed by atoms with E-state index in [0.717, 1.165) is 12.0 Å². The van der Waals surface area contributed by atoms with Crippen molar-refractivity contribution in [3.8, 4) is 6.07 Å². The Bertz CT molecular complexity index is 220. The highest BCUT2D eigenvalue weighted by Crippen LogP contribution is 1.99. The van der Waals surface area contributed by atoms with Gasteiger partial charge in [-0.25, -0.2) is 0 Å². The third-order valence-corrected chi connectivity index (χ3v) is 1.28. The molecule has 0 heterocycles. The quantitative estimate of drug-likeness (QED) is 0.600.